The van der Waals surface area contributed by atoms with Crippen molar-refractivity contribution in [3.05, 3.63) is 0 Å². The Morgan fingerprint density at radius 1 is 1.31 bits per heavy atom. The van der Waals surface area contributed by atoms with Crippen molar-refractivity contribution in [3.8, 4) is 0 Å². The van der Waals surface area contributed by atoms with Crippen LogP contribution >= 0.6 is 0 Å². The fourth-order valence-electron chi connectivity index (χ4n) is 2.53. The average molecular weight is 225 g/mol. The highest BCUT2D eigenvalue weighted by Crippen LogP contribution is 2.12. The van der Waals surface area contributed by atoms with Gasteiger partial charge in [-0.05, 0) is 20.3 Å². The normalized spacial score (nSPS) is 35.0. The van der Waals surface area contributed by atoms with Gasteiger partial charge >= 0.3 is 0 Å². The van der Waals surface area contributed by atoms with E-state index in [9.17, 15) is 9.59 Å². The molecular weight excluding hydrogens is 206 g/mol. The standard InChI is InChI=1S/C11H19N3O2/c1-7-5-14(6-8(2)12-7)11(16)9-3-4-10(15)13-9/h7-9,12H,3-6H2,1-2H3,(H,13,15)/t7?,8?,9-/m0/s1. The molecule has 2 N–H and O–H groups in total. The van der Waals surface area contributed by atoms with Crippen LogP contribution in [0.5, 0.6) is 0 Å². The third-order valence-corrected chi connectivity index (χ3v) is 3.16. The molecular formula is C11H19N3O2. The maximum Gasteiger partial charge on any atom is 0.245 e. The van der Waals surface area contributed by atoms with E-state index in [2.05, 4.69) is 24.5 Å². The van der Waals surface area contributed by atoms with Gasteiger partial charge in [-0.1, -0.05) is 0 Å². The molecule has 0 saturated carbocycles. The van der Waals surface area contributed by atoms with Crippen LogP contribution < -0.4 is 10.6 Å². The Hall–Kier alpha value is -1.10. The van der Waals surface area contributed by atoms with E-state index in [0.717, 1.165) is 13.1 Å². The lowest BCUT2D eigenvalue weighted by molar-refractivity contribution is -0.136. The third-order valence-electron chi connectivity index (χ3n) is 3.16. The van der Waals surface area contributed by atoms with Gasteiger partial charge in [0.2, 0.25) is 11.8 Å². The minimum atomic E-state index is -0.287. The fraction of sp³-hybridized carbons (Fsp3) is 0.818. The molecule has 2 amide bonds. The number of nitrogens with one attached hydrogen (secondary N) is 2. The highest BCUT2D eigenvalue weighted by Gasteiger charge is 2.33. The van der Waals surface area contributed by atoms with Crippen molar-refractivity contribution < 1.29 is 9.59 Å². The molecule has 2 heterocycles. The zero-order valence-electron chi connectivity index (χ0n) is 9.82. The Morgan fingerprint density at radius 2 is 1.94 bits per heavy atom. The van der Waals surface area contributed by atoms with Gasteiger partial charge in [0, 0.05) is 31.6 Å². The molecule has 0 aromatic heterocycles. The highest BCUT2D eigenvalue weighted by molar-refractivity contribution is 5.90. The van der Waals surface area contributed by atoms with Gasteiger partial charge in [-0.15, -0.1) is 0 Å². The maximum absolute atomic E-state index is 12.1. The van der Waals surface area contributed by atoms with E-state index < -0.39 is 0 Å². The zero-order valence-corrected chi connectivity index (χ0v) is 9.82. The smallest absolute Gasteiger partial charge is 0.245 e. The van der Waals surface area contributed by atoms with Gasteiger partial charge in [0.25, 0.3) is 0 Å². The summed E-state index contributed by atoms with van der Waals surface area (Å²) in [6, 6.07) is 0.361. The van der Waals surface area contributed by atoms with E-state index in [4.69, 9.17) is 0 Å². The van der Waals surface area contributed by atoms with Crippen molar-refractivity contribution in [2.24, 2.45) is 0 Å². The molecule has 0 radical (unpaired) electrons. The van der Waals surface area contributed by atoms with Crippen LogP contribution in [0.15, 0.2) is 0 Å². The molecule has 0 aromatic rings. The summed E-state index contributed by atoms with van der Waals surface area (Å²) in [5.41, 5.74) is 0. The quantitative estimate of drug-likeness (QED) is 0.631. The molecule has 16 heavy (non-hydrogen) atoms. The SMILES string of the molecule is CC1CN(C(=O)[C@@H]2CCC(=O)N2)CC(C)N1. The van der Waals surface area contributed by atoms with Crippen LogP contribution in [-0.4, -0.2) is 47.9 Å². The first-order valence-corrected chi connectivity index (χ1v) is 5.90. The Bertz CT molecular complexity index is 296. The molecule has 2 rings (SSSR count). The predicted molar refractivity (Wildman–Crippen MR) is 59.8 cm³/mol. The molecule has 2 aliphatic heterocycles. The largest absolute Gasteiger partial charge is 0.344 e. The summed E-state index contributed by atoms with van der Waals surface area (Å²) in [5, 5.41) is 6.11. The molecule has 2 unspecified atom stereocenters. The van der Waals surface area contributed by atoms with Crippen molar-refractivity contribution in [3.63, 3.8) is 0 Å². The summed E-state index contributed by atoms with van der Waals surface area (Å²) in [6.07, 6.45) is 1.12. The van der Waals surface area contributed by atoms with Crippen molar-refractivity contribution in [1.82, 2.24) is 15.5 Å². The molecule has 0 aliphatic carbocycles. The van der Waals surface area contributed by atoms with Crippen molar-refractivity contribution in [1.29, 1.82) is 0 Å². The second-order valence-electron chi connectivity index (χ2n) is 4.87. The van der Waals surface area contributed by atoms with E-state index in [-0.39, 0.29) is 17.9 Å². The van der Waals surface area contributed by atoms with Gasteiger partial charge in [-0.2, -0.15) is 0 Å². The first-order chi connectivity index (χ1) is 7.56. The van der Waals surface area contributed by atoms with E-state index in [0.29, 0.717) is 24.9 Å². The van der Waals surface area contributed by atoms with Crippen LogP contribution in [0.3, 0.4) is 0 Å². The number of hydrogen-bond donors (Lipinski definition) is 2. The van der Waals surface area contributed by atoms with E-state index in [1.54, 1.807) is 0 Å². The summed E-state index contributed by atoms with van der Waals surface area (Å²) < 4.78 is 0. The Morgan fingerprint density at radius 3 is 2.44 bits per heavy atom. The Labute approximate surface area is 95.6 Å². The third kappa shape index (κ3) is 2.35. The molecule has 2 aliphatic rings. The second kappa shape index (κ2) is 4.41. The Balaban J connectivity index is 1.96. The van der Waals surface area contributed by atoms with Gasteiger partial charge in [-0.3, -0.25) is 9.59 Å². The summed E-state index contributed by atoms with van der Waals surface area (Å²) in [7, 11) is 0. The van der Waals surface area contributed by atoms with E-state index >= 15 is 0 Å². The molecule has 5 nitrogen and oxygen atoms in total. The summed E-state index contributed by atoms with van der Waals surface area (Å²) >= 11 is 0. The summed E-state index contributed by atoms with van der Waals surface area (Å²) in [6.45, 7) is 5.61. The van der Waals surface area contributed by atoms with Crippen molar-refractivity contribution in [2.45, 2.75) is 44.8 Å². The molecule has 2 saturated heterocycles. The number of piperazine rings is 1. The van der Waals surface area contributed by atoms with E-state index in [1.165, 1.54) is 0 Å². The molecule has 0 aromatic carbocycles. The first-order valence-electron chi connectivity index (χ1n) is 5.90. The van der Waals surface area contributed by atoms with Crippen LogP contribution in [0, 0.1) is 0 Å². The van der Waals surface area contributed by atoms with Gasteiger partial charge in [0.15, 0.2) is 0 Å². The van der Waals surface area contributed by atoms with E-state index in [1.807, 2.05) is 4.90 Å². The zero-order chi connectivity index (χ0) is 11.7. The minimum absolute atomic E-state index is 0.00502. The number of hydrogen-bond acceptors (Lipinski definition) is 3. The highest BCUT2D eigenvalue weighted by atomic mass is 16.2. The Kier molecular flexibility index (Phi) is 3.14. The van der Waals surface area contributed by atoms with Crippen molar-refractivity contribution >= 4 is 11.8 Å². The second-order valence-corrected chi connectivity index (χ2v) is 4.87. The summed E-state index contributed by atoms with van der Waals surface area (Å²) in [5.74, 6) is 0.0700. The lowest BCUT2D eigenvalue weighted by Crippen LogP contribution is -2.58. The monoisotopic (exact) mass is 225 g/mol. The van der Waals surface area contributed by atoms with Crippen LogP contribution in [0.25, 0.3) is 0 Å². The van der Waals surface area contributed by atoms with Crippen molar-refractivity contribution in [2.75, 3.05) is 13.1 Å². The number of nitrogens with zero attached hydrogens (tertiary/aromatic N) is 1. The molecule has 2 fully saturated rings. The van der Waals surface area contributed by atoms with Crippen LogP contribution in [0.4, 0.5) is 0 Å². The minimum Gasteiger partial charge on any atom is -0.344 e. The van der Waals surface area contributed by atoms with Crippen LogP contribution in [-0.2, 0) is 9.59 Å². The number of carbonyl (C=O) groups is 2. The maximum atomic E-state index is 12.1. The average Bonchev–Trinajstić information content (AvgIpc) is 2.62. The molecule has 3 atom stereocenters. The van der Waals surface area contributed by atoms with Crippen LogP contribution in [0.2, 0.25) is 0 Å². The molecule has 0 spiro atoms. The predicted octanol–water partition coefficient (Wildman–Crippen LogP) is -0.526. The first kappa shape index (κ1) is 11.4. The van der Waals surface area contributed by atoms with Crippen LogP contribution in [0.1, 0.15) is 26.7 Å². The lowest BCUT2D eigenvalue weighted by Gasteiger charge is -2.37. The van der Waals surface area contributed by atoms with Gasteiger partial charge in [-0.25, -0.2) is 0 Å². The number of carbonyl (C=O) groups excluding carboxylic acids is 2. The fourth-order valence-corrected chi connectivity index (χ4v) is 2.53. The number of rotatable bonds is 1. The summed E-state index contributed by atoms with van der Waals surface area (Å²) in [4.78, 5) is 25.1. The number of amides is 2. The molecule has 90 valence electrons. The lowest BCUT2D eigenvalue weighted by atomic mass is 10.1. The molecule has 0 bridgehead atoms. The van der Waals surface area contributed by atoms with Gasteiger partial charge in [0.05, 0.1) is 0 Å². The van der Waals surface area contributed by atoms with Gasteiger partial charge in [0.1, 0.15) is 6.04 Å². The van der Waals surface area contributed by atoms with Gasteiger partial charge < -0.3 is 15.5 Å². The topological polar surface area (TPSA) is 61.4 Å². The molecule has 5 heteroatoms.